The smallest absolute Gasteiger partial charge is 1.00 e. The number of carbonyl (C=O) groups is 8. The number of carbonyl (C=O) groups excluding carboxylic acids is 4. The zero-order valence-corrected chi connectivity index (χ0v) is 78.7. The van der Waals surface area contributed by atoms with Crippen LogP contribution in [0.25, 0.3) is 43.7 Å². The van der Waals surface area contributed by atoms with E-state index in [0.29, 0.717) is 61.9 Å². The summed E-state index contributed by atoms with van der Waals surface area (Å²) >= 11 is 35.3. The molecular formula is C83H86Cl5F9K2N12O14S3. The van der Waals surface area contributed by atoms with Gasteiger partial charge in [-0.25, -0.2) is 25.0 Å². The molecule has 128 heavy (non-hydrogen) atoms. The number of nitrogens with one attached hydrogen (secondary N) is 5. The minimum Gasteiger partial charge on any atom is -1.00 e. The number of hydrazine groups is 1. The van der Waals surface area contributed by atoms with Crippen molar-refractivity contribution in [3.63, 3.8) is 0 Å². The first-order chi connectivity index (χ1) is 58.1. The Hall–Kier alpha value is -7.93. The number of carboxylic acids is 4. The molecule has 14 rings (SSSR count). The largest absolute Gasteiger partial charge is 1.00 e. The number of nitrogens with two attached hydrogens (primary N) is 2. The number of aromatic amines is 1. The molecule has 3 aliphatic carbocycles. The number of aromatic nitrogens is 6. The number of aryl methyl sites for hydroxylation is 3. The van der Waals surface area contributed by atoms with Gasteiger partial charge in [0.1, 0.15) is 5.88 Å². The van der Waals surface area contributed by atoms with Gasteiger partial charge >= 0.3 is 145 Å². The van der Waals surface area contributed by atoms with E-state index in [4.69, 9.17) is 129 Å². The SMILES string of the molecule is C.C.C.Cc1cc(C(=O)O)ccc1N.Cc1cc(C(=O)O)ccc1NC(=O)CCl.Cc1cc(C(=O)O)ccc1NC(=O)CSc1nnc(C(F)(F)F)n1-c1ccc(C2CC2)c2ccccc12.ClCCl.FC(F)(F)c1n[nH]c(=S)n1-c1ccc(C2CC2)c2ccccc12.NNC(=S)Nc1ccc(C2CC2)c2ccccc12.O=C(Cl)CCl.O=C(O)C(F)(F)F.O=CO[O-].[H-].[K+].[K+]. The Morgan fingerprint density at radius 3 is 1.25 bits per heavy atom. The molecule has 3 aliphatic rings. The van der Waals surface area contributed by atoms with Crippen molar-refractivity contribution in [3.05, 3.63) is 230 Å². The Labute approximate surface area is 854 Å². The predicted octanol–water partition coefficient (Wildman–Crippen LogP) is 14.6. The maximum atomic E-state index is 13.9. The summed E-state index contributed by atoms with van der Waals surface area (Å²) in [6.07, 6.45) is -7.45. The van der Waals surface area contributed by atoms with Crippen LogP contribution in [0.4, 0.5) is 62.3 Å². The minimum atomic E-state index is -5.08. The number of carboxylic acid groups (broad SMARTS) is 4. The van der Waals surface area contributed by atoms with Gasteiger partial charge in [-0.2, -0.15) is 39.5 Å². The second kappa shape index (κ2) is 56.1. The predicted molar refractivity (Wildman–Crippen MR) is 476 cm³/mol. The Bertz CT molecular complexity index is 5710. The molecule has 2 amide bonds. The maximum absolute atomic E-state index is 13.9. The number of nitrogens with zero attached hydrogens (tertiary/aromatic N) is 5. The summed E-state index contributed by atoms with van der Waals surface area (Å²) in [7, 11) is 0. The molecule has 9 aromatic carbocycles. The molecule has 13 N–H and O–H groups in total. The fourth-order valence-corrected chi connectivity index (χ4v) is 12.7. The second-order valence-electron chi connectivity index (χ2n) is 26.1. The van der Waals surface area contributed by atoms with Gasteiger partial charge in [0.2, 0.25) is 28.7 Å². The van der Waals surface area contributed by atoms with E-state index in [1.807, 2.05) is 54.6 Å². The molecule has 0 aliphatic heterocycles. The van der Waals surface area contributed by atoms with E-state index in [1.54, 1.807) is 63.2 Å². The van der Waals surface area contributed by atoms with Gasteiger partial charge in [0.25, 0.3) is 6.47 Å². The molecule has 0 bridgehead atoms. The van der Waals surface area contributed by atoms with Gasteiger partial charge in [-0.15, -0.1) is 61.7 Å². The maximum Gasteiger partial charge on any atom is 1.00 e. The number of anilines is 4. The van der Waals surface area contributed by atoms with Crippen LogP contribution >= 0.6 is 94.2 Å². The van der Waals surface area contributed by atoms with Gasteiger partial charge in [-0.05, 0) is 235 Å². The fourth-order valence-electron chi connectivity index (χ4n) is 11.5. The van der Waals surface area contributed by atoms with Gasteiger partial charge in [0, 0.05) is 38.9 Å². The Balaban J connectivity index is 0.00000156. The van der Waals surface area contributed by atoms with Crippen LogP contribution in [-0.2, 0) is 41.2 Å². The molecule has 26 nitrogen and oxygen atoms in total. The van der Waals surface area contributed by atoms with Crippen molar-refractivity contribution in [3.8, 4) is 11.4 Å². The van der Waals surface area contributed by atoms with Gasteiger partial charge in [-0.1, -0.05) is 125 Å². The Kier molecular flexibility index (Phi) is 51.7. The average Bonchev–Trinajstić information content (AvgIpc) is 1.66. The van der Waals surface area contributed by atoms with Gasteiger partial charge in [0.15, 0.2) is 15.0 Å². The van der Waals surface area contributed by atoms with Gasteiger partial charge in [0.05, 0.1) is 45.0 Å². The normalized spacial score (nSPS) is 11.9. The fraction of sp³-hybridized carbons (Fsp3) is 0.265. The number of nitrogen functional groups attached to an aromatic ring is 1. The summed E-state index contributed by atoms with van der Waals surface area (Å²) in [5.41, 5.74) is 17.6. The van der Waals surface area contributed by atoms with E-state index < -0.39 is 65.2 Å². The molecule has 3 saturated carbocycles. The number of hydrogen-bond donors (Lipinski definition) is 11. The molecule has 0 unspecified atom stereocenters. The van der Waals surface area contributed by atoms with E-state index >= 15 is 0 Å². The number of amides is 2. The van der Waals surface area contributed by atoms with Crippen LogP contribution in [0.5, 0.6) is 0 Å². The Morgan fingerprint density at radius 1 is 0.555 bits per heavy atom. The molecule has 2 heterocycles. The number of fused-ring (bicyclic) bond motifs is 3. The van der Waals surface area contributed by atoms with Crippen LogP contribution in [0, 0.1) is 25.5 Å². The number of halogens is 14. The van der Waals surface area contributed by atoms with Gasteiger partial charge < -0.3 is 59.1 Å². The first-order valence-corrected chi connectivity index (χ1v) is 40.0. The number of aliphatic carboxylic acids is 1. The van der Waals surface area contributed by atoms with E-state index in [0.717, 1.165) is 85.5 Å². The van der Waals surface area contributed by atoms with Crippen LogP contribution in [-0.4, -0.2) is 132 Å². The summed E-state index contributed by atoms with van der Waals surface area (Å²) in [4.78, 5) is 85.4. The van der Waals surface area contributed by atoms with E-state index in [9.17, 15) is 68.3 Å². The van der Waals surface area contributed by atoms with Crippen LogP contribution in [0.3, 0.4) is 0 Å². The van der Waals surface area contributed by atoms with Crippen molar-refractivity contribution < 1.29 is 213 Å². The van der Waals surface area contributed by atoms with Gasteiger partial charge in [-0.3, -0.25) is 33.4 Å². The monoisotopic (exact) mass is 1990 g/mol. The first kappa shape index (κ1) is 118. The molecule has 0 radical (unpaired) electrons. The third kappa shape index (κ3) is 36.0. The summed E-state index contributed by atoms with van der Waals surface area (Å²) < 4.78 is 115. The van der Waals surface area contributed by atoms with Crippen molar-refractivity contribution >= 4 is 202 Å². The number of thiocarbonyl (C=S) groups is 1. The zero-order valence-electron chi connectivity index (χ0n) is 67.2. The van der Waals surface area contributed by atoms with Crippen molar-refractivity contribution in [1.29, 1.82) is 0 Å². The zero-order chi connectivity index (χ0) is 91.4. The molecule has 0 atom stereocenters. The molecular weight excluding hydrogens is 1910 g/mol. The van der Waals surface area contributed by atoms with Crippen molar-refractivity contribution in [2.45, 2.75) is 123 Å². The molecule has 45 heteroatoms. The number of H-pyrrole nitrogens is 1. The number of thioether (sulfide) groups is 1. The summed E-state index contributed by atoms with van der Waals surface area (Å²) in [5.74, 6) is -2.25. The summed E-state index contributed by atoms with van der Waals surface area (Å²) in [5, 5.41) is 68.9. The van der Waals surface area contributed by atoms with Crippen molar-refractivity contribution in [2.24, 2.45) is 5.84 Å². The van der Waals surface area contributed by atoms with Crippen LogP contribution in [0.1, 0.15) is 156 Å². The summed E-state index contributed by atoms with van der Waals surface area (Å²) in [6, 6.07) is 48.0. The number of rotatable bonds is 17. The van der Waals surface area contributed by atoms with Crippen LogP contribution in [0.2, 0.25) is 0 Å². The average molecular weight is 2000 g/mol. The van der Waals surface area contributed by atoms with Crippen LogP contribution in [0.15, 0.2) is 169 Å². The van der Waals surface area contributed by atoms with E-state index in [2.05, 4.69) is 77.0 Å². The van der Waals surface area contributed by atoms with Crippen molar-refractivity contribution in [1.82, 2.24) is 35.0 Å². The Morgan fingerprint density at radius 2 is 0.906 bits per heavy atom. The number of alkyl halides is 13. The summed E-state index contributed by atoms with van der Waals surface area (Å²) in [6.45, 7) is 4.97. The first-order valence-electron chi connectivity index (χ1n) is 35.6. The third-order valence-electron chi connectivity index (χ3n) is 17.4. The molecule has 680 valence electrons. The number of hydrogen-bond acceptors (Lipinski definition) is 18. The van der Waals surface area contributed by atoms with Crippen LogP contribution < -0.4 is 141 Å². The number of benzene rings is 9. The van der Waals surface area contributed by atoms with Crippen molar-refractivity contribution in [2.75, 3.05) is 44.5 Å². The molecule has 0 saturated heterocycles. The number of aromatic carboxylic acids is 3. The quantitative estimate of drug-likeness (QED) is 0.00345. The topological polar surface area (TPSA) is 414 Å². The van der Waals surface area contributed by atoms with E-state index in [1.165, 1.54) is 71.1 Å². The van der Waals surface area contributed by atoms with E-state index in [-0.39, 0.29) is 188 Å². The minimum absolute atomic E-state index is 0. The molecule has 0 spiro atoms. The molecule has 11 aromatic rings. The molecule has 2 aromatic heterocycles. The molecule has 3 fully saturated rings. The standard InChI is InChI=1S/C26H21F3N4O3S.C16H12F3N3S.C14H15N3S.C10H10ClNO3.C8H9NO2.C2H2Cl2O.C2HF3O2.CH2Cl2.CH2O3.3CH4.2K.H/c1-14-12-16(23(35)36)8-10-20(14)30-22(34)13-37-25-32-31-24(26(27,28)29)33(25)21-11-9-17(15-6-7-15)18-4-2-3-5-19(18)21;17-16(18,19)14-20-21-15(23)22(14)13-8-7-10(9-5-6-9)11-3-1-2-4-12(11)13;15-17-14(18)16-13-8-7-10(9-5-6-9)11-3-1-2-4-12(11)13;1-6-4-7(10(14)15)2-3-8(6)12-9(13)5-11;1-5-4-6(8(10)11)2-3-7(5)9;3-1-2(4)5;3-2(4,5)1(6)7;2-1-3;2-1-4-3;;;;;;/h2-5,8-12,15H,6-7,13H2,1H3,(H,30,34)(H,35,36);1-4,7-9H,5-6H2,(H,21,23);1-4,7-9H,5-6,15H2,(H2,16,17,18);2-4H,5H2,1H3,(H,12,13)(H,14,15);2-4H,9H2,1H3,(H,10,11);1H2;(H,6,7);1H2;1,3H;3*1H4;;;/q;;;;;;;;;;;;2*+1;-1/p-1. The third-order valence-corrected chi connectivity index (χ3v) is 19.6. The second-order valence-corrected chi connectivity index (χ2v) is 29.6.